The molecule has 0 bridgehead atoms. The molecule has 26 heavy (non-hydrogen) atoms. The lowest BCUT2D eigenvalue weighted by Crippen LogP contribution is -2.39. The quantitative estimate of drug-likeness (QED) is 0.821. The van der Waals surface area contributed by atoms with Crippen LogP contribution >= 0.6 is 0 Å². The molecule has 5 nitrogen and oxygen atoms in total. The zero-order valence-corrected chi connectivity index (χ0v) is 15.8. The molecule has 3 rings (SSSR count). The van der Waals surface area contributed by atoms with Gasteiger partial charge in [0.15, 0.2) is 0 Å². The largest absolute Gasteiger partial charge is 0.445 e. The summed E-state index contributed by atoms with van der Waals surface area (Å²) in [7, 11) is 3.96. The van der Waals surface area contributed by atoms with Crippen molar-refractivity contribution in [3.63, 3.8) is 0 Å². The van der Waals surface area contributed by atoms with Crippen LogP contribution in [0.4, 0.5) is 10.6 Å². The van der Waals surface area contributed by atoms with Crippen LogP contribution in [0.25, 0.3) is 0 Å². The van der Waals surface area contributed by atoms with E-state index in [4.69, 9.17) is 4.74 Å². The lowest BCUT2D eigenvalue weighted by molar-refractivity contribution is 0.0677. The standard InChI is InChI=1S/C21H27N3O2/c1-16-13-20(23(2)3)22-14-18(16)19-11-7-8-12-24(19)21(25)26-15-17-9-5-4-6-10-17/h4-6,9-10,13-14,19H,7-8,11-12,15H2,1-3H3/t19-/m1/s1. The topological polar surface area (TPSA) is 45.7 Å². The number of likely N-dealkylation sites (tertiary alicyclic amines) is 1. The maximum absolute atomic E-state index is 12.7. The highest BCUT2D eigenvalue weighted by Gasteiger charge is 2.30. The Morgan fingerprint density at radius 3 is 2.73 bits per heavy atom. The number of ether oxygens (including phenoxy) is 1. The molecule has 2 heterocycles. The number of carbonyl (C=O) groups is 1. The number of rotatable bonds is 4. The molecule has 1 aromatic heterocycles. The summed E-state index contributed by atoms with van der Waals surface area (Å²) in [5, 5.41) is 0. The Morgan fingerprint density at radius 2 is 2.04 bits per heavy atom. The van der Waals surface area contributed by atoms with Gasteiger partial charge in [-0.15, -0.1) is 0 Å². The Hall–Kier alpha value is -2.56. The number of hydrogen-bond acceptors (Lipinski definition) is 4. The van der Waals surface area contributed by atoms with Crippen LogP contribution in [0.1, 0.15) is 42.0 Å². The summed E-state index contributed by atoms with van der Waals surface area (Å²) in [6, 6.07) is 11.9. The zero-order chi connectivity index (χ0) is 18.5. The average Bonchev–Trinajstić information content (AvgIpc) is 2.67. The second kappa shape index (κ2) is 8.21. The van der Waals surface area contributed by atoms with Crippen molar-refractivity contribution in [3.05, 3.63) is 59.3 Å². The minimum atomic E-state index is -0.241. The molecule has 1 atom stereocenters. The van der Waals surface area contributed by atoms with Gasteiger partial charge in [-0.2, -0.15) is 0 Å². The summed E-state index contributed by atoms with van der Waals surface area (Å²) in [5.41, 5.74) is 3.28. The van der Waals surface area contributed by atoms with Crippen molar-refractivity contribution in [1.29, 1.82) is 0 Å². The van der Waals surface area contributed by atoms with Crippen LogP contribution < -0.4 is 4.90 Å². The molecule has 1 amide bonds. The summed E-state index contributed by atoms with van der Waals surface area (Å²) in [4.78, 5) is 21.1. The van der Waals surface area contributed by atoms with Crippen LogP contribution in [-0.4, -0.2) is 36.6 Å². The maximum atomic E-state index is 12.7. The molecule has 0 radical (unpaired) electrons. The molecule has 0 unspecified atom stereocenters. The average molecular weight is 353 g/mol. The number of pyridine rings is 1. The number of piperidine rings is 1. The maximum Gasteiger partial charge on any atom is 0.410 e. The summed E-state index contributed by atoms with van der Waals surface area (Å²) < 4.78 is 5.58. The molecule has 0 spiro atoms. The Kier molecular flexibility index (Phi) is 5.76. The van der Waals surface area contributed by atoms with E-state index >= 15 is 0 Å². The van der Waals surface area contributed by atoms with Gasteiger partial charge in [-0.25, -0.2) is 9.78 Å². The Balaban J connectivity index is 1.74. The highest BCUT2D eigenvalue weighted by atomic mass is 16.6. The molecule has 1 aromatic carbocycles. The van der Waals surface area contributed by atoms with Gasteiger partial charge in [0.1, 0.15) is 12.4 Å². The molecule has 1 saturated heterocycles. The number of amides is 1. The third-order valence-corrected chi connectivity index (χ3v) is 4.90. The Labute approximate surface area is 155 Å². The third kappa shape index (κ3) is 4.15. The highest BCUT2D eigenvalue weighted by molar-refractivity contribution is 5.68. The molecule has 0 saturated carbocycles. The van der Waals surface area contributed by atoms with Gasteiger partial charge in [0, 0.05) is 26.8 Å². The zero-order valence-electron chi connectivity index (χ0n) is 15.8. The van der Waals surface area contributed by atoms with Gasteiger partial charge in [0.25, 0.3) is 0 Å². The van der Waals surface area contributed by atoms with Crippen molar-refractivity contribution in [2.45, 2.75) is 38.8 Å². The van der Waals surface area contributed by atoms with E-state index in [2.05, 4.69) is 18.0 Å². The van der Waals surface area contributed by atoms with Crippen molar-refractivity contribution in [2.24, 2.45) is 0 Å². The fraction of sp³-hybridized carbons (Fsp3) is 0.429. The van der Waals surface area contributed by atoms with E-state index in [1.165, 1.54) is 0 Å². The first kappa shape index (κ1) is 18.2. The molecular formula is C21H27N3O2. The summed E-state index contributed by atoms with van der Waals surface area (Å²) in [6.07, 6.45) is 4.75. The van der Waals surface area contributed by atoms with E-state index in [0.717, 1.165) is 48.3 Å². The van der Waals surface area contributed by atoms with Gasteiger partial charge < -0.3 is 14.5 Å². The van der Waals surface area contributed by atoms with Crippen LogP contribution in [0, 0.1) is 6.92 Å². The normalized spacial score (nSPS) is 17.0. The third-order valence-electron chi connectivity index (χ3n) is 4.90. The van der Waals surface area contributed by atoms with Crippen molar-refractivity contribution >= 4 is 11.9 Å². The predicted octanol–water partition coefficient (Wildman–Crippen LogP) is 4.32. The van der Waals surface area contributed by atoms with Crippen LogP contribution in [0.2, 0.25) is 0 Å². The molecule has 1 fully saturated rings. The van der Waals surface area contributed by atoms with Crippen LogP contribution in [0.15, 0.2) is 42.6 Å². The van der Waals surface area contributed by atoms with E-state index in [-0.39, 0.29) is 12.1 Å². The minimum absolute atomic E-state index is 0.0377. The molecule has 0 N–H and O–H groups in total. The Bertz CT molecular complexity index is 746. The van der Waals surface area contributed by atoms with Gasteiger partial charge in [0.2, 0.25) is 0 Å². The number of aromatic nitrogens is 1. The van der Waals surface area contributed by atoms with Crippen molar-refractivity contribution < 1.29 is 9.53 Å². The first-order valence-corrected chi connectivity index (χ1v) is 9.17. The number of aryl methyl sites for hydroxylation is 1. The molecule has 5 heteroatoms. The minimum Gasteiger partial charge on any atom is -0.445 e. The molecule has 0 aliphatic carbocycles. The van der Waals surface area contributed by atoms with Crippen molar-refractivity contribution in [1.82, 2.24) is 9.88 Å². The van der Waals surface area contributed by atoms with E-state index < -0.39 is 0 Å². The first-order chi connectivity index (χ1) is 12.6. The van der Waals surface area contributed by atoms with E-state index in [9.17, 15) is 4.79 Å². The predicted molar refractivity (Wildman–Crippen MR) is 103 cm³/mol. The lowest BCUT2D eigenvalue weighted by Gasteiger charge is -2.36. The van der Waals surface area contributed by atoms with Crippen LogP contribution in [0.5, 0.6) is 0 Å². The molecule has 138 valence electrons. The van der Waals surface area contributed by atoms with E-state index in [1.807, 2.05) is 60.4 Å². The summed E-state index contributed by atoms with van der Waals surface area (Å²) >= 11 is 0. The fourth-order valence-electron chi connectivity index (χ4n) is 3.42. The number of hydrogen-bond donors (Lipinski definition) is 0. The highest BCUT2D eigenvalue weighted by Crippen LogP contribution is 2.33. The van der Waals surface area contributed by atoms with Gasteiger partial charge >= 0.3 is 6.09 Å². The van der Waals surface area contributed by atoms with Crippen molar-refractivity contribution in [2.75, 3.05) is 25.5 Å². The van der Waals surface area contributed by atoms with Gasteiger partial charge in [0.05, 0.1) is 6.04 Å². The molecule has 1 aliphatic heterocycles. The number of benzene rings is 1. The molecule has 1 aliphatic rings. The summed E-state index contributed by atoms with van der Waals surface area (Å²) in [6.45, 7) is 3.12. The van der Waals surface area contributed by atoms with Gasteiger partial charge in [-0.3, -0.25) is 0 Å². The fourth-order valence-corrected chi connectivity index (χ4v) is 3.42. The number of nitrogens with zero attached hydrogens (tertiary/aromatic N) is 3. The summed E-state index contributed by atoms with van der Waals surface area (Å²) in [5.74, 6) is 0.931. The molecular weight excluding hydrogens is 326 g/mol. The monoisotopic (exact) mass is 353 g/mol. The lowest BCUT2D eigenvalue weighted by atomic mass is 9.94. The number of carbonyl (C=O) groups excluding carboxylic acids is 1. The van der Waals surface area contributed by atoms with Crippen LogP contribution in [0.3, 0.4) is 0 Å². The Morgan fingerprint density at radius 1 is 1.27 bits per heavy atom. The SMILES string of the molecule is Cc1cc(N(C)C)ncc1[C@H]1CCCCN1C(=O)OCc1ccccc1. The van der Waals surface area contributed by atoms with Crippen molar-refractivity contribution in [3.8, 4) is 0 Å². The van der Waals surface area contributed by atoms with E-state index in [1.54, 1.807) is 0 Å². The van der Waals surface area contributed by atoms with Crippen LogP contribution in [-0.2, 0) is 11.3 Å². The van der Waals surface area contributed by atoms with Gasteiger partial charge in [-0.05, 0) is 48.9 Å². The van der Waals surface area contributed by atoms with Gasteiger partial charge in [-0.1, -0.05) is 30.3 Å². The second-order valence-electron chi connectivity index (χ2n) is 7.04. The first-order valence-electron chi connectivity index (χ1n) is 9.17. The smallest absolute Gasteiger partial charge is 0.410 e. The number of anilines is 1. The molecule has 2 aromatic rings. The second-order valence-corrected chi connectivity index (χ2v) is 7.04. The van der Waals surface area contributed by atoms with E-state index in [0.29, 0.717) is 6.61 Å².